The van der Waals surface area contributed by atoms with Gasteiger partial charge in [-0.2, -0.15) is 0 Å². The Labute approximate surface area is 154 Å². The number of esters is 1. The maximum atomic E-state index is 11.8. The van der Waals surface area contributed by atoms with Crippen molar-refractivity contribution in [3.05, 3.63) is 75.8 Å². The van der Waals surface area contributed by atoms with Crippen LogP contribution in [0.2, 0.25) is 0 Å². The van der Waals surface area contributed by atoms with Crippen molar-refractivity contribution in [3.63, 3.8) is 0 Å². The number of ether oxygens (including phenoxy) is 1. The van der Waals surface area contributed by atoms with Gasteiger partial charge in [-0.05, 0) is 5.56 Å². The van der Waals surface area contributed by atoms with E-state index in [4.69, 9.17) is 4.74 Å². The van der Waals surface area contributed by atoms with Crippen LogP contribution in [0, 0.1) is 10.1 Å². The van der Waals surface area contributed by atoms with Crippen LogP contribution < -0.4 is 10.6 Å². The molecule has 2 aromatic carbocycles. The maximum Gasteiger partial charge on any atom is 0.321 e. The maximum absolute atomic E-state index is 11.8. The van der Waals surface area contributed by atoms with Crippen LogP contribution in [0.4, 0.5) is 10.5 Å². The highest BCUT2D eigenvalue weighted by atomic mass is 16.6. The van der Waals surface area contributed by atoms with Gasteiger partial charge >= 0.3 is 12.0 Å². The van der Waals surface area contributed by atoms with E-state index in [0.717, 1.165) is 5.56 Å². The number of benzene rings is 2. The van der Waals surface area contributed by atoms with Crippen molar-refractivity contribution < 1.29 is 24.0 Å². The van der Waals surface area contributed by atoms with Crippen LogP contribution in [0.15, 0.2) is 54.6 Å². The summed E-state index contributed by atoms with van der Waals surface area (Å²) in [5.74, 6) is -1.62. The number of urea groups is 1. The Kier molecular flexibility index (Phi) is 7.00. The van der Waals surface area contributed by atoms with Crippen LogP contribution in [0.25, 0.3) is 0 Å². The monoisotopic (exact) mass is 371 g/mol. The smallest absolute Gasteiger partial charge is 0.321 e. The van der Waals surface area contributed by atoms with Crippen molar-refractivity contribution in [1.82, 2.24) is 10.6 Å². The van der Waals surface area contributed by atoms with E-state index in [1.54, 1.807) is 6.07 Å². The van der Waals surface area contributed by atoms with Crippen molar-refractivity contribution in [1.29, 1.82) is 0 Å². The summed E-state index contributed by atoms with van der Waals surface area (Å²) in [6.45, 7) is -0.435. The third kappa shape index (κ3) is 6.58. The van der Waals surface area contributed by atoms with Crippen LogP contribution in [0.5, 0.6) is 0 Å². The summed E-state index contributed by atoms with van der Waals surface area (Å²) >= 11 is 0. The van der Waals surface area contributed by atoms with Crippen LogP contribution >= 0.6 is 0 Å². The molecule has 0 aliphatic carbocycles. The molecule has 140 valence electrons. The molecule has 27 heavy (non-hydrogen) atoms. The lowest BCUT2D eigenvalue weighted by molar-refractivity contribution is -0.385. The normalized spacial score (nSPS) is 9.93. The number of nitro groups is 1. The van der Waals surface area contributed by atoms with Gasteiger partial charge in [-0.25, -0.2) is 4.79 Å². The second kappa shape index (κ2) is 9.66. The number of amides is 3. The minimum atomic E-state index is -0.816. The minimum Gasteiger partial charge on any atom is -0.455 e. The molecule has 0 spiro atoms. The highest BCUT2D eigenvalue weighted by Crippen LogP contribution is 2.18. The minimum absolute atomic E-state index is 0.175. The number of hydrogen-bond donors (Lipinski definition) is 2. The Balaban J connectivity index is 1.74. The number of hydrogen-bond acceptors (Lipinski definition) is 6. The summed E-state index contributed by atoms with van der Waals surface area (Å²) < 4.78 is 4.75. The molecule has 0 radical (unpaired) electrons. The van der Waals surface area contributed by atoms with Crippen LogP contribution in [-0.4, -0.2) is 29.4 Å². The molecule has 0 bridgehead atoms. The molecular weight excluding hydrogens is 354 g/mol. The molecule has 0 atom stereocenters. The molecule has 9 heteroatoms. The molecule has 0 saturated heterocycles. The number of carbonyl (C=O) groups excluding carboxylic acids is 3. The lowest BCUT2D eigenvalue weighted by atomic mass is 10.1. The summed E-state index contributed by atoms with van der Waals surface area (Å²) in [5.41, 5.74) is 0.823. The molecule has 0 aromatic heterocycles. The van der Waals surface area contributed by atoms with E-state index in [9.17, 15) is 24.5 Å². The van der Waals surface area contributed by atoms with Crippen LogP contribution in [0.1, 0.15) is 11.1 Å². The number of imide groups is 1. The summed E-state index contributed by atoms with van der Waals surface area (Å²) in [6, 6.07) is 14.1. The molecule has 0 aliphatic heterocycles. The van der Waals surface area contributed by atoms with Gasteiger partial charge in [0, 0.05) is 18.2 Å². The Morgan fingerprint density at radius 3 is 2.37 bits per heavy atom. The number of rotatable bonds is 7. The SMILES string of the molecule is O=C(COC(=O)Cc1ccccc1[N+](=O)[O-])NC(=O)NCc1ccccc1. The first-order valence-electron chi connectivity index (χ1n) is 7.95. The molecule has 0 saturated carbocycles. The summed E-state index contributed by atoms with van der Waals surface area (Å²) in [6.07, 6.45) is -0.357. The predicted octanol–water partition coefficient (Wildman–Crippen LogP) is 1.71. The van der Waals surface area contributed by atoms with E-state index in [0.29, 0.717) is 0 Å². The van der Waals surface area contributed by atoms with Gasteiger partial charge in [0.05, 0.1) is 11.3 Å². The van der Waals surface area contributed by atoms with E-state index < -0.39 is 29.4 Å². The summed E-state index contributed by atoms with van der Waals surface area (Å²) in [7, 11) is 0. The summed E-state index contributed by atoms with van der Waals surface area (Å²) in [5, 5.41) is 15.4. The van der Waals surface area contributed by atoms with Gasteiger partial charge in [-0.3, -0.25) is 25.0 Å². The molecule has 2 rings (SSSR count). The first-order chi connectivity index (χ1) is 13.0. The van der Waals surface area contributed by atoms with E-state index in [1.165, 1.54) is 18.2 Å². The first-order valence-corrected chi connectivity index (χ1v) is 7.95. The standard InChI is InChI=1S/C18H17N3O6/c22-16(20-18(24)19-11-13-6-2-1-3-7-13)12-27-17(23)10-14-8-4-5-9-15(14)21(25)26/h1-9H,10-12H2,(H2,19,20,22,24). The van der Waals surface area contributed by atoms with Gasteiger partial charge in [-0.15, -0.1) is 0 Å². The molecule has 0 aliphatic rings. The van der Waals surface area contributed by atoms with Gasteiger partial charge in [-0.1, -0.05) is 48.5 Å². The Bertz CT molecular complexity index is 838. The Hall–Kier alpha value is -3.75. The largest absolute Gasteiger partial charge is 0.455 e. The Morgan fingerprint density at radius 2 is 1.67 bits per heavy atom. The van der Waals surface area contributed by atoms with E-state index >= 15 is 0 Å². The number of nitrogens with one attached hydrogen (secondary N) is 2. The second-order valence-corrected chi connectivity index (χ2v) is 5.44. The lowest BCUT2D eigenvalue weighted by Crippen LogP contribution is -2.41. The molecule has 0 unspecified atom stereocenters. The van der Waals surface area contributed by atoms with Crippen LogP contribution in [-0.2, 0) is 27.3 Å². The fourth-order valence-corrected chi connectivity index (χ4v) is 2.18. The second-order valence-electron chi connectivity index (χ2n) is 5.44. The molecule has 2 aromatic rings. The molecular formula is C18H17N3O6. The molecule has 2 N–H and O–H groups in total. The van der Waals surface area contributed by atoms with E-state index in [1.807, 2.05) is 35.6 Å². The zero-order valence-electron chi connectivity index (χ0n) is 14.2. The van der Waals surface area contributed by atoms with Crippen molar-refractivity contribution in [2.24, 2.45) is 0 Å². The van der Waals surface area contributed by atoms with Crippen molar-refractivity contribution in [2.75, 3.05) is 6.61 Å². The molecule has 3 amide bonds. The third-order valence-corrected chi connectivity index (χ3v) is 3.44. The van der Waals surface area contributed by atoms with Crippen molar-refractivity contribution in [2.45, 2.75) is 13.0 Å². The number of nitro benzene ring substituents is 1. The summed E-state index contributed by atoms with van der Waals surface area (Å²) in [4.78, 5) is 45.3. The van der Waals surface area contributed by atoms with Gasteiger partial charge < -0.3 is 10.1 Å². The highest BCUT2D eigenvalue weighted by Gasteiger charge is 2.17. The number of carbonyl (C=O) groups is 3. The predicted molar refractivity (Wildman–Crippen MR) is 94.6 cm³/mol. The third-order valence-electron chi connectivity index (χ3n) is 3.44. The quantitative estimate of drug-likeness (QED) is 0.433. The van der Waals surface area contributed by atoms with Crippen molar-refractivity contribution >= 4 is 23.6 Å². The molecule has 9 nitrogen and oxygen atoms in total. The lowest BCUT2D eigenvalue weighted by Gasteiger charge is -2.08. The van der Waals surface area contributed by atoms with Crippen molar-refractivity contribution in [3.8, 4) is 0 Å². The fraction of sp³-hybridized carbons (Fsp3) is 0.167. The number of nitrogens with zero attached hydrogens (tertiary/aromatic N) is 1. The average molecular weight is 371 g/mol. The molecule has 0 fully saturated rings. The van der Waals surface area contributed by atoms with Gasteiger partial charge in [0.25, 0.3) is 11.6 Å². The van der Waals surface area contributed by atoms with E-state index in [2.05, 4.69) is 5.32 Å². The van der Waals surface area contributed by atoms with Gasteiger partial charge in [0.2, 0.25) is 0 Å². The fourth-order valence-electron chi connectivity index (χ4n) is 2.18. The Morgan fingerprint density at radius 1 is 1.00 bits per heavy atom. The van der Waals surface area contributed by atoms with Crippen LogP contribution in [0.3, 0.4) is 0 Å². The topological polar surface area (TPSA) is 128 Å². The average Bonchev–Trinajstić information content (AvgIpc) is 2.66. The highest BCUT2D eigenvalue weighted by molar-refractivity contribution is 5.95. The van der Waals surface area contributed by atoms with E-state index in [-0.39, 0.29) is 24.2 Å². The van der Waals surface area contributed by atoms with Gasteiger partial charge in [0.15, 0.2) is 6.61 Å². The first kappa shape index (κ1) is 19.6. The zero-order valence-corrected chi connectivity index (χ0v) is 14.2. The zero-order chi connectivity index (χ0) is 19.6. The molecule has 0 heterocycles. The number of para-hydroxylation sites is 1. The van der Waals surface area contributed by atoms with Gasteiger partial charge in [0.1, 0.15) is 0 Å².